The summed E-state index contributed by atoms with van der Waals surface area (Å²) in [5.74, 6) is 0.130. The number of amides is 1. The molecule has 0 fully saturated rings. The largest absolute Gasteiger partial charge is 0.377 e. The first-order valence-electron chi connectivity index (χ1n) is 6.41. The lowest BCUT2D eigenvalue weighted by Gasteiger charge is -2.14. The van der Waals surface area contributed by atoms with E-state index in [0.29, 0.717) is 11.5 Å². The number of aryl methyl sites for hydroxylation is 1. The molecule has 0 spiro atoms. The van der Waals surface area contributed by atoms with Crippen LogP contribution in [-0.2, 0) is 0 Å². The Kier molecular flexibility index (Phi) is 3.05. The summed E-state index contributed by atoms with van der Waals surface area (Å²) in [5.41, 5.74) is 2.62. The number of carbonyl (C=O) groups excluding carboxylic acids is 1. The van der Waals surface area contributed by atoms with Crippen LogP contribution < -0.4 is 10.2 Å². The maximum absolute atomic E-state index is 12.2. The second kappa shape index (κ2) is 4.89. The van der Waals surface area contributed by atoms with Gasteiger partial charge in [0.15, 0.2) is 11.5 Å². The Morgan fingerprint density at radius 1 is 1.24 bits per heavy atom. The lowest BCUT2D eigenvalue weighted by atomic mass is 10.2. The highest BCUT2D eigenvalue weighted by Gasteiger charge is 2.18. The fourth-order valence-corrected chi connectivity index (χ4v) is 2.18. The summed E-state index contributed by atoms with van der Waals surface area (Å²) in [6.07, 6.45) is 0. The molecule has 0 aliphatic rings. The zero-order valence-corrected chi connectivity index (χ0v) is 11.9. The van der Waals surface area contributed by atoms with Gasteiger partial charge >= 0.3 is 0 Å². The van der Waals surface area contributed by atoms with Gasteiger partial charge in [-0.3, -0.25) is 9.89 Å². The van der Waals surface area contributed by atoms with E-state index in [1.54, 1.807) is 6.92 Å². The zero-order chi connectivity index (χ0) is 15.0. The molecule has 21 heavy (non-hydrogen) atoms. The van der Waals surface area contributed by atoms with Gasteiger partial charge in [-0.2, -0.15) is 20.5 Å². The van der Waals surface area contributed by atoms with Crippen LogP contribution in [0.15, 0.2) is 18.2 Å². The summed E-state index contributed by atoms with van der Waals surface area (Å²) in [6, 6.07) is 5.81. The molecule has 8 heteroatoms. The predicted molar refractivity (Wildman–Crippen MR) is 79.5 cm³/mol. The normalized spacial score (nSPS) is 10.8. The summed E-state index contributed by atoms with van der Waals surface area (Å²) in [5, 5.41) is 20.8. The third kappa shape index (κ3) is 2.20. The number of aromatic nitrogens is 5. The first-order chi connectivity index (χ1) is 10.1. The average molecular weight is 285 g/mol. The van der Waals surface area contributed by atoms with Crippen LogP contribution in [0.4, 0.5) is 11.5 Å². The zero-order valence-electron chi connectivity index (χ0n) is 11.9. The van der Waals surface area contributed by atoms with E-state index in [1.807, 2.05) is 37.2 Å². The van der Waals surface area contributed by atoms with Crippen LogP contribution in [-0.4, -0.2) is 45.6 Å². The van der Waals surface area contributed by atoms with Gasteiger partial charge in [-0.1, -0.05) is 6.07 Å². The number of nitrogens with zero attached hydrogens (tertiary/aromatic N) is 4. The summed E-state index contributed by atoms with van der Waals surface area (Å²) < 4.78 is 0. The second-order valence-electron chi connectivity index (χ2n) is 4.88. The number of fused-ring (bicyclic) bond motifs is 1. The third-order valence-electron chi connectivity index (χ3n) is 3.22. The van der Waals surface area contributed by atoms with Crippen LogP contribution in [0.3, 0.4) is 0 Å². The number of carbonyl (C=O) groups is 1. The van der Waals surface area contributed by atoms with Crippen molar-refractivity contribution in [3.05, 3.63) is 29.6 Å². The monoisotopic (exact) mass is 285 g/mol. The molecule has 0 aliphatic heterocycles. The Hall–Kier alpha value is -2.90. The highest BCUT2D eigenvalue weighted by Crippen LogP contribution is 2.30. The smallest absolute Gasteiger partial charge is 0.279 e. The van der Waals surface area contributed by atoms with Gasteiger partial charge in [0.25, 0.3) is 5.91 Å². The number of anilines is 2. The molecule has 0 radical (unpaired) electrons. The molecule has 0 saturated heterocycles. The Morgan fingerprint density at radius 3 is 2.71 bits per heavy atom. The van der Waals surface area contributed by atoms with Crippen LogP contribution >= 0.6 is 0 Å². The van der Waals surface area contributed by atoms with Gasteiger partial charge in [0.2, 0.25) is 0 Å². The number of rotatable bonds is 3. The molecule has 1 amide bonds. The van der Waals surface area contributed by atoms with E-state index in [2.05, 4.69) is 30.9 Å². The molecule has 108 valence electrons. The Morgan fingerprint density at radius 2 is 2.05 bits per heavy atom. The van der Waals surface area contributed by atoms with Gasteiger partial charge in [0.1, 0.15) is 0 Å². The Balaban J connectivity index is 2.02. The maximum atomic E-state index is 12.2. The van der Waals surface area contributed by atoms with E-state index in [-0.39, 0.29) is 11.6 Å². The molecule has 0 atom stereocenters. The molecule has 2 aromatic heterocycles. The summed E-state index contributed by atoms with van der Waals surface area (Å²) >= 11 is 0. The number of hydrogen-bond donors (Lipinski definition) is 3. The average Bonchev–Trinajstić information content (AvgIpc) is 3.05. The fraction of sp³-hybridized carbons (Fsp3) is 0.231. The molecule has 0 saturated carbocycles. The van der Waals surface area contributed by atoms with Crippen molar-refractivity contribution in [3.63, 3.8) is 0 Å². The molecule has 1 aromatic carbocycles. The molecule has 3 aromatic rings. The molecule has 8 nitrogen and oxygen atoms in total. The van der Waals surface area contributed by atoms with Crippen molar-refractivity contribution in [3.8, 4) is 0 Å². The molecular weight excluding hydrogens is 270 g/mol. The predicted octanol–water partition coefficient (Wildman–Crippen LogP) is 1.31. The van der Waals surface area contributed by atoms with Crippen molar-refractivity contribution in [2.24, 2.45) is 0 Å². The van der Waals surface area contributed by atoms with Crippen molar-refractivity contribution < 1.29 is 4.79 Å². The molecule has 0 unspecified atom stereocenters. The minimum absolute atomic E-state index is 0.258. The van der Waals surface area contributed by atoms with Crippen molar-refractivity contribution in [2.75, 3.05) is 24.3 Å². The van der Waals surface area contributed by atoms with Crippen LogP contribution in [0.1, 0.15) is 16.2 Å². The van der Waals surface area contributed by atoms with Gasteiger partial charge in [0, 0.05) is 19.8 Å². The number of aromatic amines is 2. The first-order valence-corrected chi connectivity index (χ1v) is 6.41. The summed E-state index contributed by atoms with van der Waals surface area (Å²) in [4.78, 5) is 14.2. The van der Waals surface area contributed by atoms with Crippen molar-refractivity contribution >= 4 is 28.3 Å². The lowest BCUT2D eigenvalue weighted by molar-refractivity contribution is 0.102. The van der Waals surface area contributed by atoms with E-state index in [4.69, 9.17) is 0 Å². The molecule has 3 rings (SSSR count). The topological polar surface area (TPSA) is 103 Å². The second-order valence-corrected chi connectivity index (χ2v) is 4.88. The number of hydrogen-bond acceptors (Lipinski definition) is 5. The van der Waals surface area contributed by atoms with Crippen LogP contribution in [0.25, 0.3) is 10.9 Å². The number of H-pyrrole nitrogens is 2. The fourth-order valence-electron chi connectivity index (χ4n) is 2.18. The number of benzene rings is 1. The van der Waals surface area contributed by atoms with E-state index in [9.17, 15) is 4.79 Å². The summed E-state index contributed by atoms with van der Waals surface area (Å²) in [6.45, 7) is 1.71. The van der Waals surface area contributed by atoms with Crippen LogP contribution in [0.5, 0.6) is 0 Å². The Labute approximate surface area is 120 Å². The minimum atomic E-state index is -0.344. The van der Waals surface area contributed by atoms with E-state index in [0.717, 1.165) is 16.6 Å². The standard InChI is InChI=1S/C13H15N7O/c1-7-11(17-19-15-7)13(21)14-12-10-8(16-18-12)5-4-6-9(10)20(2)3/h4-6H,1-3H3,(H,15,17,19)(H2,14,16,18,21). The van der Waals surface area contributed by atoms with Crippen LogP contribution in [0.2, 0.25) is 0 Å². The van der Waals surface area contributed by atoms with Gasteiger partial charge in [-0.25, -0.2) is 0 Å². The van der Waals surface area contributed by atoms with Gasteiger partial charge in [0.05, 0.1) is 16.6 Å². The Bertz CT molecular complexity index is 802. The maximum Gasteiger partial charge on any atom is 0.279 e. The highest BCUT2D eigenvalue weighted by molar-refractivity contribution is 6.10. The lowest BCUT2D eigenvalue weighted by Crippen LogP contribution is -2.15. The minimum Gasteiger partial charge on any atom is -0.377 e. The summed E-state index contributed by atoms with van der Waals surface area (Å²) in [7, 11) is 3.88. The van der Waals surface area contributed by atoms with Crippen molar-refractivity contribution in [1.82, 2.24) is 25.6 Å². The number of nitrogens with one attached hydrogen (secondary N) is 3. The van der Waals surface area contributed by atoms with E-state index >= 15 is 0 Å². The third-order valence-corrected chi connectivity index (χ3v) is 3.22. The van der Waals surface area contributed by atoms with Gasteiger partial charge < -0.3 is 10.2 Å². The van der Waals surface area contributed by atoms with Gasteiger partial charge in [-0.05, 0) is 19.1 Å². The quantitative estimate of drug-likeness (QED) is 0.673. The molecule has 3 N–H and O–H groups in total. The van der Waals surface area contributed by atoms with Crippen LogP contribution in [0, 0.1) is 6.92 Å². The molecule has 0 bridgehead atoms. The SMILES string of the molecule is Cc1n[nH]nc1C(=O)Nc1n[nH]c2cccc(N(C)C)c12. The van der Waals surface area contributed by atoms with Crippen molar-refractivity contribution in [1.29, 1.82) is 0 Å². The van der Waals surface area contributed by atoms with Gasteiger partial charge in [-0.15, -0.1) is 0 Å². The first kappa shape index (κ1) is 13.1. The molecular formula is C13H15N7O. The highest BCUT2D eigenvalue weighted by atomic mass is 16.2. The van der Waals surface area contributed by atoms with E-state index in [1.165, 1.54) is 0 Å². The van der Waals surface area contributed by atoms with Crippen molar-refractivity contribution in [2.45, 2.75) is 6.92 Å². The van der Waals surface area contributed by atoms with E-state index < -0.39 is 0 Å². The molecule has 2 heterocycles. The molecule has 0 aliphatic carbocycles.